The minimum Gasteiger partial charge on any atom is -0.508 e. The summed E-state index contributed by atoms with van der Waals surface area (Å²) in [6, 6.07) is 9.62. The molecule has 0 aliphatic heterocycles. The second-order valence-corrected chi connectivity index (χ2v) is 15.8. The summed E-state index contributed by atoms with van der Waals surface area (Å²) in [5.74, 6) is 2.24. The fraction of sp³-hybridized carbons (Fsp3) is 0.692. The van der Waals surface area contributed by atoms with Gasteiger partial charge >= 0.3 is 0 Å². The molecular weight excluding hydrogens is 372 g/mol. The van der Waals surface area contributed by atoms with E-state index in [0.29, 0.717) is 23.5 Å². The number of rotatable bonds is 5. The van der Waals surface area contributed by atoms with Gasteiger partial charge in [-0.1, -0.05) is 57.1 Å². The minimum absolute atomic E-state index is 0.0303. The standard InChI is InChI=1S/C26H40O2Si/c1-6-29(7-2,8-3)18(4)26(28)16-14-24-23-11-9-19-17-20(27)10-12-21(19)22(23)13-15-25(24,26)5/h10,12,17,22-24,27-28H,4,6-9,11,13-16H2,1-3,5H3/t22-,23-,24+,25+,26-/m1/s1. The molecule has 2 saturated carbocycles. The molecule has 2 fully saturated rings. The van der Waals surface area contributed by atoms with E-state index in [4.69, 9.17) is 0 Å². The van der Waals surface area contributed by atoms with Crippen LogP contribution in [0.2, 0.25) is 18.1 Å². The molecule has 2 nitrogen and oxygen atoms in total. The third kappa shape index (κ3) is 2.83. The van der Waals surface area contributed by atoms with E-state index in [2.05, 4.69) is 40.3 Å². The van der Waals surface area contributed by atoms with E-state index in [1.807, 2.05) is 12.1 Å². The lowest BCUT2D eigenvalue weighted by Crippen LogP contribution is -2.56. The first-order valence-electron chi connectivity index (χ1n) is 12.0. The molecule has 160 valence electrons. The first-order valence-corrected chi connectivity index (χ1v) is 14.6. The van der Waals surface area contributed by atoms with E-state index in [9.17, 15) is 10.2 Å². The summed E-state index contributed by atoms with van der Waals surface area (Å²) in [5.41, 5.74) is 2.11. The van der Waals surface area contributed by atoms with Gasteiger partial charge in [0, 0.05) is 5.41 Å². The van der Waals surface area contributed by atoms with Crippen molar-refractivity contribution in [3.8, 4) is 5.75 Å². The molecule has 0 spiro atoms. The van der Waals surface area contributed by atoms with Gasteiger partial charge in [-0.25, -0.2) is 0 Å². The average Bonchev–Trinajstić information content (AvgIpc) is 3.01. The largest absolute Gasteiger partial charge is 0.508 e. The van der Waals surface area contributed by atoms with Crippen LogP contribution in [0, 0.1) is 17.3 Å². The maximum Gasteiger partial charge on any atom is 0.115 e. The molecule has 0 bridgehead atoms. The normalized spacial score (nSPS) is 36.2. The molecule has 0 amide bonds. The second kappa shape index (κ2) is 7.27. The van der Waals surface area contributed by atoms with E-state index in [-0.39, 0.29) is 5.41 Å². The topological polar surface area (TPSA) is 40.5 Å². The van der Waals surface area contributed by atoms with Crippen molar-refractivity contribution >= 4 is 8.07 Å². The third-order valence-corrected chi connectivity index (χ3v) is 15.8. The van der Waals surface area contributed by atoms with Crippen LogP contribution in [-0.2, 0) is 6.42 Å². The van der Waals surface area contributed by atoms with Crippen LogP contribution >= 0.6 is 0 Å². The summed E-state index contributed by atoms with van der Waals surface area (Å²) in [6.07, 6.45) is 6.56. The van der Waals surface area contributed by atoms with E-state index in [1.165, 1.54) is 40.9 Å². The van der Waals surface area contributed by atoms with Crippen LogP contribution in [0.1, 0.15) is 76.8 Å². The number of phenols is 1. The van der Waals surface area contributed by atoms with E-state index in [0.717, 1.165) is 32.1 Å². The molecule has 3 aliphatic rings. The number of phenolic OH excluding ortho intramolecular Hbond substituents is 1. The quantitative estimate of drug-likeness (QED) is 0.536. The maximum absolute atomic E-state index is 12.3. The molecule has 1 aromatic carbocycles. The molecule has 5 atom stereocenters. The van der Waals surface area contributed by atoms with Gasteiger partial charge in [0.15, 0.2) is 0 Å². The van der Waals surface area contributed by atoms with E-state index < -0.39 is 13.7 Å². The number of hydrogen-bond donors (Lipinski definition) is 2. The SMILES string of the molecule is C=C([C@]1(O)CC[C@H]2[C@@H]3CCc4cc(O)ccc4[C@H]3CC[C@@]21C)[Si](CC)(CC)CC. The number of hydrogen-bond acceptors (Lipinski definition) is 2. The summed E-state index contributed by atoms with van der Waals surface area (Å²) in [6.45, 7) is 14.0. The summed E-state index contributed by atoms with van der Waals surface area (Å²) in [5, 5.41) is 23.4. The highest BCUT2D eigenvalue weighted by Crippen LogP contribution is 2.66. The van der Waals surface area contributed by atoms with Gasteiger partial charge < -0.3 is 10.2 Å². The number of aliphatic hydroxyl groups is 1. The Morgan fingerprint density at radius 3 is 2.45 bits per heavy atom. The lowest BCUT2D eigenvalue weighted by Gasteiger charge is -2.55. The highest BCUT2D eigenvalue weighted by molar-refractivity contribution is 6.86. The number of benzene rings is 1. The van der Waals surface area contributed by atoms with Crippen LogP contribution in [0.25, 0.3) is 0 Å². The highest BCUT2D eigenvalue weighted by Gasteiger charge is 2.64. The Labute approximate surface area is 178 Å². The monoisotopic (exact) mass is 412 g/mol. The van der Waals surface area contributed by atoms with Gasteiger partial charge in [-0.3, -0.25) is 0 Å². The maximum atomic E-state index is 12.3. The first-order chi connectivity index (χ1) is 13.8. The van der Waals surface area contributed by atoms with Crippen LogP contribution in [0.3, 0.4) is 0 Å². The summed E-state index contributed by atoms with van der Waals surface area (Å²) >= 11 is 0. The van der Waals surface area contributed by atoms with Crippen molar-refractivity contribution in [2.75, 3.05) is 0 Å². The van der Waals surface area contributed by atoms with Crippen molar-refractivity contribution in [1.29, 1.82) is 0 Å². The van der Waals surface area contributed by atoms with Crippen molar-refractivity contribution < 1.29 is 10.2 Å². The molecule has 0 heterocycles. The zero-order valence-electron chi connectivity index (χ0n) is 18.9. The smallest absolute Gasteiger partial charge is 0.115 e. The first kappa shape index (κ1) is 21.2. The van der Waals surface area contributed by atoms with E-state index in [1.54, 1.807) is 0 Å². The van der Waals surface area contributed by atoms with Crippen LogP contribution < -0.4 is 0 Å². The van der Waals surface area contributed by atoms with Crippen LogP contribution in [-0.4, -0.2) is 23.9 Å². The zero-order valence-corrected chi connectivity index (χ0v) is 19.9. The molecule has 1 aromatic rings. The Hall–Kier alpha value is -1.06. The molecule has 29 heavy (non-hydrogen) atoms. The minimum atomic E-state index is -1.66. The number of aromatic hydroxyl groups is 1. The lowest BCUT2D eigenvalue weighted by atomic mass is 9.53. The third-order valence-electron chi connectivity index (χ3n) is 10.0. The molecule has 3 aliphatic carbocycles. The fourth-order valence-corrected chi connectivity index (χ4v) is 12.0. The summed E-state index contributed by atoms with van der Waals surface area (Å²) in [7, 11) is -1.66. The van der Waals surface area contributed by atoms with Crippen molar-refractivity contribution in [3.63, 3.8) is 0 Å². The van der Waals surface area contributed by atoms with Gasteiger partial charge in [-0.05, 0) is 79.5 Å². The Bertz CT molecular complexity index is 790. The summed E-state index contributed by atoms with van der Waals surface area (Å²) < 4.78 is 0. The van der Waals surface area contributed by atoms with Crippen molar-refractivity contribution in [3.05, 3.63) is 41.1 Å². The Morgan fingerprint density at radius 2 is 1.79 bits per heavy atom. The predicted molar refractivity (Wildman–Crippen MR) is 124 cm³/mol. The van der Waals surface area contributed by atoms with E-state index >= 15 is 0 Å². The highest BCUT2D eigenvalue weighted by atomic mass is 28.3. The Kier molecular flexibility index (Phi) is 5.31. The molecule has 0 radical (unpaired) electrons. The van der Waals surface area contributed by atoms with Crippen LogP contribution in [0.5, 0.6) is 5.75 Å². The second-order valence-electron chi connectivity index (χ2n) is 10.5. The Morgan fingerprint density at radius 1 is 1.10 bits per heavy atom. The molecular formula is C26H40O2Si. The number of fused-ring (bicyclic) bond motifs is 5. The van der Waals surface area contributed by atoms with Gasteiger partial charge in [-0.15, -0.1) is 6.58 Å². The van der Waals surface area contributed by atoms with Gasteiger partial charge in [0.2, 0.25) is 0 Å². The molecule has 0 unspecified atom stereocenters. The van der Waals surface area contributed by atoms with Crippen LogP contribution in [0.4, 0.5) is 0 Å². The zero-order chi connectivity index (χ0) is 21.0. The molecule has 0 saturated heterocycles. The molecule has 0 aromatic heterocycles. The van der Waals surface area contributed by atoms with Crippen molar-refractivity contribution in [2.24, 2.45) is 17.3 Å². The van der Waals surface area contributed by atoms with Gasteiger partial charge in [0.05, 0.1) is 13.7 Å². The van der Waals surface area contributed by atoms with Crippen molar-refractivity contribution in [1.82, 2.24) is 0 Å². The lowest BCUT2D eigenvalue weighted by molar-refractivity contribution is -0.0745. The molecule has 4 rings (SSSR count). The van der Waals surface area contributed by atoms with Crippen molar-refractivity contribution in [2.45, 2.75) is 95.9 Å². The van der Waals surface area contributed by atoms with Crippen LogP contribution in [0.15, 0.2) is 30.0 Å². The number of aryl methyl sites for hydroxylation is 1. The predicted octanol–water partition coefficient (Wildman–Crippen LogP) is 6.58. The fourth-order valence-electron chi connectivity index (χ4n) is 7.91. The van der Waals surface area contributed by atoms with Gasteiger partial charge in [0.1, 0.15) is 5.75 Å². The van der Waals surface area contributed by atoms with Gasteiger partial charge in [-0.2, -0.15) is 0 Å². The summed E-state index contributed by atoms with van der Waals surface area (Å²) in [4.78, 5) is 0. The molecule has 3 heteroatoms. The average molecular weight is 413 g/mol. The Balaban J connectivity index is 1.68. The molecule has 2 N–H and O–H groups in total. The van der Waals surface area contributed by atoms with Gasteiger partial charge in [0.25, 0.3) is 0 Å².